The highest BCUT2D eigenvalue weighted by molar-refractivity contribution is 7.92. The molecule has 1 heterocycles. The Morgan fingerprint density at radius 1 is 1.09 bits per heavy atom. The van der Waals surface area contributed by atoms with Crippen LogP contribution in [0, 0.1) is 0 Å². The zero-order valence-corrected chi connectivity index (χ0v) is 20.6. The minimum absolute atomic E-state index is 0.157. The number of hydrogen-bond acceptors (Lipinski definition) is 4. The van der Waals surface area contributed by atoms with Crippen LogP contribution in [0.25, 0.3) is 0 Å². The van der Waals surface area contributed by atoms with Gasteiger partial charge in [0.2, 0.25) is 10.0 Å². The minimum atomic E-state index is -3.31. The van der Waals surface area contributed by atoms with E-state index in [0.717, 1.165) is 54.5 Å². The topological polar surface area (TPSA) is 75.6 Å². The lowest BCUT2D eigenvalue weighted by Crippen LogP contribution is -2.34. The van der Waals surface area contributed by atoms with Crippen molar-refractivity contribution in [3.8, 4) is 11.5 Å². The molecule has 0 spiro atoms. The van der Waals surface area contributed by atoms with Gasteiger partial charge in [0, 0.05) is 11.3 Å². The normalized spacial score (nSPS) is 17.4. The molecule has 0 saturated carbocycles. The SMILES string of the molecule is CCCCCCS(=O)(=O)Nc1ccc(CCc2cc3c(cc2O)C(C)CC(C)(C)O3)cc1. The highest BCUT2D eigenvalue weighted by Gasteiger charge is 2.32. The maximum absolute atomic E-state index is 12.2. The molecule has 0 saturated heterocycles. The van der Waals surface area contributed by atoms with Crippen LogP contribution in [-0.4, -0.2) is 24.9 Å². The summed E-state index contributed by atoms with van der Waals surface area (Å²) in [7, 11) is -3.31. The van der Waals surface area contributed by atoms with Gasteiger partial charge in [-0.2, -0.15) is 0 Å². The second-order valence-electron chi connectivity index (χ2n) is 9.66. The van der Waals surface area contributed by atoms with Gasteiger partial charge in [0.05, 0.1) is 5.75 Å². The van der Waals surface area contributed by atoms with Gasteiger partial charge in [0.1, 0.15) is 17.1 Å². The molecule has 0 radical (unpaired) electrons. The quantitative estimate of drug-likeness (QED) is 0.417. The van der Waals surface area contributed by atoms with Crippen molar-refractivity contribution in [3.05, 3.63) is 53.1 Å². The Bertz CT molecular complexity index is 1010. The van der Waals surface area contributed by atoms with Gasteiger partial charge in [-0.15, -0.1) is 0 Å². The molecule has 0 aliphatic carbocycles. The number of fused-ring (bicyclic) bond motifs is 1. The van der Waals surface area contributed by atoms with Crippen molar-refractivity contribution in [1.82, 2.24) is 0 Å². The van der Waals surface area contributed by atoms with Crippen molar-refractivity contribution in [2.45, 2.75) is 84.2 Å². The smallest absolute Gasteiger partial charge is 0.232 e. The van der Waals surface area contributed by atoms with E-state index in [-0.39, 0.29) is 11.4 Å². The number of sulfonamides is 1. The fourth-order valence-corrected chi connectivity index (χ4v) is 5.64. The Morgan fingerprint density at radius 3 is 2.50 bits per heavy atom. The first-order valence-electron chi connectivity index (χ1n) is 11.7. The van der Waals surface area contributed by atoms with Gasteiger partial charge >= 0.3 is 0 Å². The van der Waals surface area contributed by atoms with Gasteiger partial charge in [-0.3, -0.25) is 4.72 Å². The molecule has 3 rings (SSSR count). The first-order valence-corrected chi connectivity index (χ1v) is 13.4. The molecular formula is C26H37NO4S. The summed E-state index contributed by atoms with van der Waals surface area (Å²) in [6.45, 7) is 8.47. The van der Waals surface area contributed by atoms with Crippen LogP contribution in [0.4, 0.5) is 5.69 Å². The van der Waals surface area contributed by atoms with Crippen LogP contribution in [-0.2, 0) is 22.9 Å². The summed E-state index contributed by atoms with van der Waals surface area (Å²) in [4.78, 5) is 0. The lowest BCUT2D eigenvalue weighted by atomic mass is 9.84. The third-order valence-corrected chi connectivity index (χ3v) is 7.48. The second kappa shape index (κ2) is 10.2. The van der Waals surface area contributed by atoms with E-state index in [1.54, 1.807) is 12.1 Å². The monoisotopic (exact) mass is 459 g/mol. The van der Waals surface area contributed by atoms with Crippen molar-refractivity contribution >= 4 is 15.7 Å². The lowest BCUT2D eigenvalue weighted by molar-refractivity contribution is 0.0743. The Labute approximate surface area is 193 Å². The number of unbranched alkanes of at least 4 members (excludes halogenated alkanes) is 3. The lowest BCUT2D eigenvalue weighted by Gasteiger charge is -2.36. The molecule has 2 aromatic carbocycles. The minimum Gasteiger partial charge on any atom is -0.508 e. The van der Waals surface area contributed by atoms with Crippen molar-refractivity contribution in [2.75, 3.05) is 10.5 Å². The standard InChI is InChI=1S/C26H37NO4S/c1-5-6-7-8-15-32(29,30)27-22-13-10-20(11-14-22)9-12-21-16-25-23(17-24(21)28)19(2)18-26(3,4)31-25/h10-11,13-14,16-17,19,27-28H,5-9,12,15,18H2,1-4H3. The molecule has 0 bridgehead atoms. The van der Waals surface area contributed by atoms with Crippen LogP contribution < -0.4 is 9.46 Å². The van der Waals surface area contributed by atoms with Crippen LogP contribution in [0.5, 0.6) is 11.5 Å². The van der Waals surface area contributed by atoms with E-state index in [1.807, 2.05) is 24.3 Å². The van der Waals surface area contributed by atoms with Gasteiger partial charge in [0.25, 0.3) is 0 Å². The Balaban J connectivity index is 1.60. The van der Waals surface area contributed by atoms with Crippen molar-refractivity contribution in [3.63, 3.8) is 0 Å². The predicted octanol–water partition coefficient (Wildman–Crippen LogP) is 6.16. The summed E-state index contributed by atoms with van der Waals surface area (Å²) >= 11 is 0. The molecule has 2 N–H and O–H groups in total. The average molecular weight is 460 g/mol. The molecular weight excluding hydrogens is 422 g/mol. The number of hydrogen-bond donors (Lipinski definition) is 2. The molecule has 176 valence electrons. The number of phenolic OH excluding ortho intramolecular Hbond substituents is 1. The zero-order chi connectivity index (χ0) is 23.4. The van der Waals surface area contributed by atoms with Gasteiger partial charge in [-0.05, 0) is 80.8 Å². The summed E-state index contributed by atoms with van der Waals surface area (Å²) in [5.41, 5.74) is 3.40. The number of aromatic hydroxyl groups is 1. The van der Waals surface area contributed by atoms with Crippen LogP contribution in [0.2, 0.25) is 0 Å². The number of rotatable bonds is 10. The van der Waals surface area contributed by atoms with E-state index < -0.39 is 10.0 Å². The van der Waals surface area contributed by atoms with Crippen LogP contribution in [0.15, 0.2) is 36.4 Å². The fourth-order valence-electron chi connectivity index (χ4n) is 4.45. The summed E-state index contributed by atoms with van der Waals surface area (Å²) in [6, 6.07) is 11.3. The number of benzene rings is 2. The Morgan fingerprint density at radius 2 is 1.81 bits per heavy atom. The van der Waals surface area contributed by atoms with Crippen molar-refractivity contribution in [1.29, 1.82) is 0 Å². The largest absolute Gasteiger partial charge is 0.508 e. The first kappa shape index (κ1) is 24.4. The molecule has 1 aliphatic rings. The van der Waals surface area contributed by atoms with Gasteiger partial charge in [-0.25, -0.2) is 8.42 Å². The van der Waals surface area contributed by atoms with Crippen molar-refractivity contribution in [2.24, 2.45) is 0 Å². The summed E-state index contributed by atoms with van der Waals surface area (Å²) in [5.74, 6) is 1.68. The molecule has 32 heavy (non-hydrogen) atoms. The summed E-state index contributed by atoms with van der Waals surface area (Å²) in [5, 5.41) is 10.5. The number of aryl methyl sites for hydroxylation is 2. The second-order valence-corrected chi connectivity index (χ2v) is 11.5. The molecule has 0 fully saturated rings. The molecule has 0 amide bonds. The van der Waals surface area contributed by atoms with Gasteiger partial charge in [0.15, 0.2) is 0 Å². The van der Waals surface area contributed by atoms with E-state index in [9.17, 15) is 13.5 Å². The number of phenols is 1. The average Bonchev–Trinajstić information content (AvgIpc) is 2.70. The highest BCUT2D eigenvalue weighted by Crippen LogP contribution is 2.43. The number of ether oxygens (including phenoxy) is 1. The third kappa shape index (κ3) is 6.64. The summed E-state index contributed by atoms with van der Waals surface area (Å²) < 4.78 is 33.3. The van der Waals surface area contributed by atoms with Crippen LogP contribution in [0.3, 0.4) is 0 Å². The molecule has 1 aliphatic heterocycles. The Hall–Kier alpha value is -2.21. The maximum Gasteiger partial charge on any atom is 0.232 e. The zero-order valence-electron chi connectivity index (χ0n) is 19.8. The molecule has 2 aromatic rings. The molecule has 6 heteroatoms. The highest BCUT2D eigenvalue weighted by atomic mass is 32.2. The molecule has 1 unspecified atom stereocenters. The van der Waals surface area contributed by atoms with E-state index in [4.69, 9.17) is 4.74 Å². The molecule has 5 nitrogen and oxygen atoms in total. The van der Waals surface area contributed by atoms with Crippen LogP contribution in [0.1, 0.15) is 82.4 Å². The summed E-state index contributed by atoms with van der Waals surface area (Å²) in [6.07, 6.45) is 6.12. The van der Waals surface area contributed by atoms with Gasteiger partial charge < -0.3 is 9.84 Å². The Kier molecular flexibility index (Phi) is 7.75. The van der Waals surface area contributed by atoms with Gasteiger partial charge in [-0.1, -0.05) is 45.2 Å². The first-order chi connectivity index (χ1) is 15.1. The van der Waals surface area contributed by atoms with Crippen LogP contribution >= 0.6 is 0 Å². The number of nitrogens with one attached hydrogen (secondary N) is 1. The van der Waals surface area contributed by atoms with E-state index in [0.29, 0.717) is 30.2 Å². The molecule has 0 aromatic heterocycles. The predicted molar refractivity (Wildman–Crippen MR) is 131 cm³/mol. The fraction of sp³-hybridized carbons (Fsp3) is 0.538. The maximum atomic E-state index is 12.2. The van der Waals surface area contributed by atoms with E-state index in [1.165, 1.54) is 0 Å². The number of anilines is 1. The third-order valence-electron chi connectivity index (χ3n) is 6.10. The van der Waals surface area contributed by atoms with E-state index >= 15 is 0 Å². The van der Waals surface area contributed by atoms with Crippen molar-refractivity contribution < 1.29 is 18.3 Å². The molecule has 1 atom stereocenters. The van der Waals surface area contributed by atoms with E-state index in [2.05, 4.69) is 32.4 Å².